The van der Waals surface area contributed by atoms with Crippen molar-refractivity contribution in [3.8, 4) is 0 Å². The quantitative estimate of drug-likeness (QED) is 0.885. The van der Waals surface area contributed by atoms with E-state index in [2.05, 4.69) is 36.0 Å². The predicted molar refractivity (Wildman–Crippen MR) is 76.0 cm³/mol. The van der Waals surface area contributed by atoms with Crippen LogP contribution >= 0.6 is 0 Å². The van der Waals surface area contributed by atoms with Gasteiger partial charge in [0, 0.05) is 30.4 Å². The van der Waals surface area contributed by atoms with Crippen LogP contribution in [0.5, 0.6) is 0 Å². The van der Waals surface area contributed by atoms with Crippen LogP contribution in [0.15, 0.2) is 24.3 Å². The molecule has 2 rings (SSSR count). The molecule has 0 saturated carbocycles. The maximum absolute atomic E-state index is 10.1. The molecule has 2 atom stereocenters. The first-order valence-corrected chi connectivity index (χ1v) is 6.81. The summed E-state index contributed by atoms with van der Waals surface area (Å²) < 4.78 is 0. The van der Waals surface area contributed by atoms with Crippen LogP contribution < -0.4 is 4.90 Å². The maximum Gasteiger partial charge on any atom is 0.0807 e. The maximum atomic E-state index is 10.1. The summed E-state index contributed by atoms with van der Waals surface area (Å²) in [4.78, 5) is 4.69. The Balaban J connectivity index is 2.19. The summed E-state index contributed by atoms with van der Waals surface area (Å²) in [6.45, 7) is 4.16. The van der Waals surface area contributed by atoms with E-state index in [0.29, 0.717) is 6.04 Å². The Labute approximate surface area is 110 Å². The summed E-state index contributed by atoms with van der Waals surface area (Å²) >= 11 is 0. The second-order valence-corrected chi connectivity index (χ2v) is 5.33. The number of hydrogen-bond donors (Lipinski definition) is 1. The van der Waals surface area contributed by atoms with E-state index in [0.717, 1.165) is 25.1 Å². The number of rotatable bonds is 4. The number of benzene rings is 1. The van der Waals surface area contributed by atoms with E-state index in [-0.39, 0.29) is 6.10 Å². The summed E-state index contributed by atoms with van der Waals surface area (Å²) in [5.41, 5.74) is 2.27. The smallest absolute Gasteiger partial charge is 0.0807 e. The van der Waals surface area contributed by atoms with Crippen LogP contribution in [0.1, 0.15) is 31.4 Å². The van der Waals surface area contributed by atoms with Gasteiger partial charge in [-0.1, -0.05) is 25.1 Å². The van der Waals surface area contributed by atoms with Crippen molar-refractivity contribution in [2.24, 2.45) is 0 Å². The van der Waals surface area contributed by atoms with Crippen LogP contribution in [0.2, 0.25) is 0 Å². The van der Waals surface area contributed by atoms with Crippen molar-refractivity contribution < 1.29 is 5.11 Å². The van der Waals surface area contributed by atoms with E-state index in [4.69, 9.17) is 0 Å². The summed E-state index contributed by atoms with van der Waals surface area (Å²) in [5.74, 6) is 0. The van der Waals surface area contributed by atoms with E-state index >= 15 is 0 Å². The van der Waals surface area contributed by atoms with Crippen molar-refractivity contribution in [1.29, 1.82) is 0 Å². The van der Waals surface area contributed by atoms with Gasteiger partial charge in [0.15, 0.2) is 0 Å². The molecule has 1 N–H and O–H groups in total. The van der Waals surface area contributed by atoms with Gasteiger partial charge in [-0.2, -0.15) is 0 Å². The number of hydrogen-bond acceptors (Lipinski definition) is 3. The third kappa shape index (κ3) is 2.68. The van der Waals surface area contributed by atoms with Crippen LogP contribution in [-0.4, -0.2) is 43.2 Å². The highest BCUT2D eigenvalue weighted by Gasteiger charge is 2.26. The second kappa shape index (κ2) is 5.72. The van der Waals surface area contributed by atoms with Crippen LogP contribution in [-0.2, 0) is 0 Å². The second-order valence-electron chi connectivity index (χ2n) is 5.33. The zero-order chi connectivity index (χ0) is 13.1. The molecule has 1 saturated heterocycles. The zero-order valence-electron chi connectivity index (χ0n) is 11.6. The number of nitrogens with zero attached hydrogens (tertiary/aromatic N) is 2. The fourth-order valence-electron chi connectivity index (χ4n) is 2.66. The summed E-state index contributed by atoms with van der Waals surface area (Å²) in [6.07, 6.45) is 1.62. The zero-order valence-corrected chi connectivity index (χ0v) is 11.6. The SMILES string of the molecule is CC[C@H](O)c1ccccc1N1CCC(N(C)C)C1. The standard InChI is InChI=1S/C15H24N2O/c1-4-15(18)13-7-5-6-8-14(13)17-10-9-12(11-17)16(2)3/h5-8,12,15,18H,4,9-11H2,1-3H3/t12?,15-/m0/s1. The van der Waals surface area contributed by atoms with Gasteiger partial charge in [0.1, 0.15) is 0 Å². The van der Waals surface area contributed by atoms with Crippen LogP contribution in [0, 0.1) is 0 Å². The lowest BCUT2D eigenvalue weighted by Gasteiger charge is -2.25. The summed E-state index contributed by atoms with van der Waals surface area (Å²) in [6, 6.07) is 8.87. The summed E-state index contributed by atoms with van der Waals surface area (Å²) in [5, 5.41) is 10.1. The number of para-hydroxylation sites is 1. The van der Waals surface area contributed by atoms with Crippen molar-refractivity contribution >= 4 is 5.69 Å². The fourth-order valence-corrected chi connectivity index (χ4v) is 2.66. The lowest BCUT2D eigenvalue weighted by molar-refractivity contribution is 0.174. The molecule has 0 aromatic heterocycles. The van der Waals surface area contributed by atoms with Crippen molar-refractivity contribution in [2.75, 3.05) is 32.1 Å². The van der Waals surface area contributed by atoms with Crippen LogP contribution in [0.4, 0.5) is 5.69 Å². The monoisotopic (exact) mass is 248 g/mol. The highest BCUT2D eigenvalue weighted by Crippen LogP contribution is 2.30. The molecule has 18 heavy (non-hydrogen) atoms. The topological polar surface area (TPSA) is 26.7 Å². The largest absolute Gasteiger partial charge is 0.388 e. The lowest BCUT2D eigenvalue weighted by atomic mass is 10.0. The molecule has 0 radical (unpaired) electrons. The molecular formula is C15H24N2O. The molecule has 1 heterocycles. The molecule has 3 heteroatoms. The molecule has 0 aliphatic carbocycles. The molecule has 1 aliphatic rings. The molecule has 1 unspecified atom stereocenters. The molecule has 1 aliphatic heterocycles. The van der Waals surface area contributed by atoms with Crippen LogP contribution in [0.25, 0.3) is 0 Å². The first-order chi connectivity index (χ1) is 8.63. The van der Waals surface area contributed by atoms with Gasteiger partial charge in [-0.3, -0.25) is 0 Å². The third-order valence-electron chi connectivity index (χ3n) is 3.92. The first-order valence-electron chi connectivity index (χ1n) is 6.81. The van der Waals surface area contributed by atoms with Gasteiger partial charge in [0.2, 0.25) is 0 Å². The Kier molecular flexibility index (Phi) is 4.25. The Morgan fingerprint density at radius 3 is 2.72 bits per heavy atom. The third-order valence-corrected chi connectivity index (χ3v) is 3.92. The average molecular weight is 248 g/mol. The van der Waals surface area contributed by atoms with E-state index in [1.54, 1.807) is 0 Å². The fraction of sp³-hybridized carbons (Fsp3) is 0.600. The Hall–Kier alpha value is -1.06. The van der Waals surface area contributed by atoms with E-state index in [1.165, 1.54) is 12.1 Å². The van der Waals surface area contributed by atoms with Crippen molar-refractivity contribution in [3.63, 3.8) is 0 Å². The van der Waals surface area contributed by atoms with E-state index < -0.39 is 0 Å². The minimum atomic E-state index is -0.348. The Bertz CT molecular complexity index is 392. The highest BCUT2D eigenvalue weighted by atomic mass is 16.3. The number of likely N-dealkylation sites (N-methyl/N-ethyl adjacent to an activating group) is 1. The normalized spacial score (nSPS) is 21.6. The minimum absolute atomic E-state index is 0.348. The van der Waals surface area contributed by atoms with E-state index in [1.807, 2.05) is 19.1 Å². The molecule has 1 aromatic rings. The van der Waals surface area contributed by atoms with Gasteiger partial charge in [-0.25, -0.2) is 0 Å². The molecule has 0 spiro atoms. The Morgan fingerprint density at radius 1 is 1.39 bits per heavy atom. The van der Waals surface area contributed by atoms with Gasteiger partial charge in [0.25, 0.3) is 0 Å². The number of aliphatic hydroxyl groups excluding tert-OH is 1. The molecule has 0 amide bonds. The summed E-state index contributed by atoms with van der Waals surface area (Å²) in [7, 11) is 4.28. The minimum Gasteiger partial charge on any atom is -0.388 e. The molecule has 3 nitrogen and oxygen atoms in total. The lowest BCUT2D eigenvalue weighted by Crippen LogP contribution is -2.31. The first kappa shape index (κ1) is 13.4. The number of aliphatic hydroxyl groups is 1. The highest BCUT2D eigenvalue weighted by molar-refractivity contribution is 5.55. The van der Waals surface area contributed by atoms with Gasteiger partial charge in [-0.05, 0) is 33.0 Å². The van der Waals surface area contributed by atoms with Gasteiger partial charge >= 0.3 is 0 Å². The van der Waals surface area contributed by atoms with Gasteiger partial charge < -0.3 is 14.9 Å². The molecular weight excluding hydrogens is 224 g/mol. The average Bonchev–Trinajstić information content (AvgIpc) is 2.87. The van der Waals surface area contributed by atoms with Gasteiger partial charge in [-0.15, -0.1) is 0 Å². The molecule has 1 fully saturated rings. The van der Waals surface area contributed by atoms with Gasteiger partial charge in [0.05, 0.1) is 6.10 Å². The van der Waals surface area contributed by atoms with Crippen molar-refractivity contribution in [2.45, 2.75) is 31.9 Å². The van der Waals surface area contributed by atoms with E-state index in [9.17, 15) is 5.11 Å². The molecule has 100 valence electrons. The van der Waals surface area contributed by atoms with Crippen LogP contribution in [0.3, 0.4) is 0 Å². The Morgan fingerprint density at radius 2 is 2.11 bits per heavy atom. The van der Waals surface area contributed by atoms with Crippen molar-refractivity contribution in [1.82, 2.24) is 4.90 Å². The molecule has 0 bridgehead atoms. The molecule has 1 aromatic carbocycles. The number of anilines is 1. The predicted octanol–water partition coefficient (Wildman–Crippen LogP) is 2.27. The van der Waals surface area contributed by atoms with Crippen molar-refractivity contribution in [3.05, 3.63) is 29.8 Å².